The van der Waals surface area contributed by atoms with Crippen molar-refractivity contribution in [2.45, 2.75) is 12.2 Å². The van der Waals surface area contributed by atoms with E-state index in [1.807, 2.05) is 14.1 Å². The molecule has 0 aromatic heterocycles. The molecule has 0 saturated carbocycles. The van der Waals surface area contributed by atoms with Crippen molar-refractivity contribution in [3.8, 4) is 0 Å². The number of carbonyl (C=O) groups excluding carboxylic acids is 1. The van der Waals surface area contributed by atoms with Crippen LogP contribution in [0.2, 0.25) is 0 Å². The number of hydrogen-bond donors (Lipinski definition) is 0. The highest BCUT2D eigenvalue weighted by molar-refractivity contribution is 5.60. The Bertz CT molecular complexity index is 200. The van der Waals surface area contributed by atoms with Crippen molar-refractivity contribution in [2.75, 3.05) is 40.3 Å². The second-order valence-electron chi connectivity index (χ2n) is 4.17. The van der Waals surface area contributed by atoms with Gasteiger partial charge in [-0.2, -0.15) is 0 Å². The summed E-state index contributed by atoms with van der Waals surface area (Å²) >= 11 is 0. The van der Waals surface area contributed by atoms with E-state index in [4.69, 9.17) is 9.47 Å². The minimum absolute atomic E-state index is 0.0327. The number of carbonyl (C=O) groups is 1. The third-order valence-corrected chi connectivity index (χ3v) is 2.59. The lowest BCUT2D eigenvalue weighted by Crippen LogP contribution is -2.53. The van der Waals surface area contributed by atoms with Gasteiger partial charge in [-0.3, -0.25) is 9.80 Å². The van der Waals surface area contributed by atoms with Crippen LogP contribution >= 0.6 is 0 Å². The molecule has 0 aromatic carbocycles. The molecular formula is C9H16N2O3. The zero-order valence-corrected chi connectivity index (χ0v) is 8.60. The molecule has 2 heterocycles. The molecule has 80 valence electrons. The number of nitrogens with zero attached hydrogens (tertiary/aromatic N) is 2. The molecule has 2 fully saturated rings. The summed E-state index contributed by atoms with van der Waals surface area (Å²) in [6, 6.07) is 0. The topological polar surface area (TPSA) is 42.0 Å². The molecule has 2 aliphatic rings. The smallest absolute Gasteiger partial charge is 0.428 e. The maximum absolute atomic E-state index is 11.2. The molecule has 0 aromatic rings. The maximum Gasteiger partial charge on any atom is 0.509 e. The standard InChI is InChI=1S/C9H16N2O3/c1-10-3-7(4-10)13-9(12)14-8-5-11(2)6-8/h7-8H,3-6H2,1-2H3. The number of likely N-dealkylation sites (tertiary alicyclic amines) is 2. The van der Waals surface area contributed by atoms with Crippen molar-refractivity contribution in [3.05, 3.63) is 0 Å². The van der Waals surface area contributed by atoms with E-state index in [0.717, 1.165) is 26.2 Å². The van der Waals surface area contributed by atoms with Gasteiger partial charge in [0, 0.05) is 26.2 Å². The molecule has 0 spiro atoms. The molecule has 0 amide bonds. The maximum atomic E-state index is 11.2. The summed E-state index contributed by atoms with van der Waals surface area (Å²) in [6.45, 7) is 3.28. The Labute approximate surface area is 83.6 Å². The van der Waals surface area contributed by atoms with Crippen LogP contribution in [0.25, 0.3) is 0 Å². The summed E-state index contributed by atoms with van der Waals surface area (Å²) in [7, 11) is 3.98. The summed E-state index contributed by atoms with van der Waals surface area (Å²) in [5.41, 5.74) is 0. The molecule has 0 unspecified atom stereocenters. The second-order valence-corrected chi connectivity index (χ2v) is 4.17. The molecule has 5 heteroatoms. The third-order valence-electron chi connectivity index (χ3n) is 2.59. The molecule has 5 nitrogen and oxygen atoms in total. The fraction of sp³-hybridized carbons (Fsp3) is 0.889. The zero-order valence-electron chi connectivity index (χ0n) is 8.60. The van der Waals surface area contributed by atoms with Gasteiger partial charge in [-0.25, -0.2) is 4.79 Å². The van der Waals surface area contributed by atoms with Crippen LogP contribution in [0.15, 0.2) is 0 Å². The van der Waals surface area contributed by atoms with Gasteiger partial charge in [0.25, 0.3) is 0 Å². The first-order chi connectivity index (χ1) is 6.63. The monoisotopic (exact) mass is 200 g/mol. The molecule has 2 aliphatic heterocycles. The molecule has 2 rings (SSSR count). The summed E-state index contributed by atoms with van der Waals surface area (Å²) in [6.07, 6.45) is -0.447. The van der Waals surface area contributed by atoms with Crippen molar-refractivity contribution >= 4 is 6.16 Å². The predicted octanol–water partition coefficient (Wildman–Crippen LogP) is -0.232. The number of rotatable bonds is 2. The van der Waals surface area contributed by atoms with E-state index in [-0.39, 0.29) is 12.2 Å². The van der Waals surface area contributed by atoms with Crippen molar-refractivity contribution in [3.63, 3.8) is 0 Å². The van der Waals surface area contributed by atoms with E-state index in [1.165, 1.54) is 0 Å². The van der Waals surface area contributed by atoms with Crippen molar-refractivity contribution in [2.24, 2.45) is 0 Å². The lowest BCUT2D eigenvalue weighted by Gasteiger charge is -2.37. The first-order valence-electron chi connectivity index (χ1n) is 4.88. The van der Waals surface area contributed by atoms with Crippen LogP contribution in [0, 0.1) is 0 Å². The third kappa shape index (κ3) is 2.16. The Morgan fingerprint density at radius 2 is 1.36 bits per heavy atom. The largest absolute Gasteiger partial charge is 0.509 e. The average Bonchev–Trinajstić information content (AvgIpc) is 1.98. The Kier molecular flexibility index (Phi) is 2.60. The summed E-state index contributed by atoms with van der Waals surface area (Å²) in [5, 5.41) is 0. The lowest BCUT2D eigenvalue weighted by atomic mass is 10.2. The fourth-order valence-corrected chi connectivity index (χ4v) is 1.73. The highest BCUT2D eigenvalue weighted by Crippen LogP contribution is 2.13. The molecule has 0 radical (unpaired) electrons. The van der Waals surface area contributed by atoms with Gasteiger partial charge in [-0.1, -0.05) is 0 Å². The fourth-order valence-electron chi connectivity index (χ4n) is 1.73. The molecule has 0 N–H and O–H groups in total. The first kappa shape index (κ1) is 9.73. The Hall–Kier alpha value is -0.810. The quantitative estimate of drug-likeness (QED) is 0.576. The van der Waals surface area contributed by atoms with E-state index in [0.29, 0.717) is 0 Å². The molecule has 0 atom stereocenters. The zero-order chi connectivity index (χ0) is 10.1. The van der Waals surface area contributed by atoms with E-state index in [9.17, 15) is 4.79 Å². The van der Waals surface area contributed by atoms with Crippen LogP contribution in [-0.2, 0) is 9.47 Å². The summed E-state index contributed by atoms with van der Waals surface area (Å²) in [5.74, 6) is 0. The highest BCUT2D eigenvalue weighted by atomic mass is 16.7. The average molecular weight is 200 g/mol. The van der Waals surface area contributed by atoms with Gasteiger partial charge >= 0.3 is 6.16 Å². The summed E-state index contributed by atoms with van der Waals surface area (Å²) in [4.78, 5) is 15.4. The lowest BCUT2D eigenvalue weighted by molar-refractivity contribution is -0.0735. The van der Waals surface area contributed by atoms with Crippen LogP contribution < -0.4 is 0 Å². The van der Waals surface area contributed by atoms with Gasteiger partial charge in [0.1, 0.15) is 12.2 Å². The molecule has 0 bridgehead atoms. The van der Waals surface area contributed by atoms with Gasteiger partial charge in [0.05, 0.1) is 0 Å². The minimum Gasteiger partial charge on any atom is -0.428 e. The minimum atomic E-state index is -0.513. The van der Waals surface area contributed by atoms with Gasteiger partial charge in [-0.15, -0.1) is 0 Å². The Morgan fingerprint density at radius 1 is 1.00 bits per heavy atom. The first-order valence-corrected chi connectivity index (χ1v) is 4.88. The van der Waals surface area contributed by atoms with Crippen molar-refractivity contribution in [1.82, 2.24) is 9.80 Å². The molecule has 0 aliphatic carbocycles. The van der Waals surface area contributed by atoms with Crippen LogP contribution in [0.3, 0.4) is 0 Å². The SMILES string of the molecule is CN1CC(OC(=O)OC2CN(C)C2)C1. The Balaban J connectivity index is 1.60. The van der Waals surface area contributed by atoms with Gasteiger partial charge < -0.3 is 9.47 Å². The van der Waals surface area contributed by atoms with Gasteiger partial charge in [0.2, 0.25) is 0 Å². The Morgan fingerprint density at radius 3 is 1.64 bits per heavy atom. The molecule has 2 saturated heterocycles. The van der Waals surface area contributed by atoms with E-state index in [1.54, 1.807) is 0 Å². The van der Waals surface area contributed by atoms with Crippen LogP contribution in [0.1, 0.15) is 0 Å². The van der Waals surface area contributed by atoms with Crippen molar-refractivity contribution in [1.29, 1.82) is 0 Å². The van der Waals surface area contributed by atoms with Crippen LogP contribution in [-0.4, -0.2) is 68.4 Å². The number of likely N-dealkylation sites (N-methyl/N-ethyl adjacent to an activating group) is 2. The van der Waals surface area contributed by atoms with Gasteiger partial charge in [-0.05, 0) is 14.1 Å². The van der Waals surface area contributed by atoms with Crippen molar-refractivity contribution < 1.29 is 14.3 Å². The van der Waals surface area contributed by atoms with E-state index in [2.05, 4.69) is 9.80 Å². The van der Waals surface area contributed by atoms with Gasteiger partial charge in [0.15, 0.2) is 0 Å². The van der Waals surface area contributed by atoms with Crippen LogP contribution in [0.4, 0.5) is 4.79 Å². The van der Waals surface area contributed by atoms with E-state index >= 15 is 0 Å². The second kappa shape index (κ2) is 3.74. The summed E-state index contributed by atoms with van der Waals surface area (Å²) < 4.78 is 10.2. The molecule has 14 heavy (non-hydrogen) atoms. The normalized spacial score (nSPS) is 25.3. The van der Waals surface area contributed by atoms with Crippen LogP contribution in [0.5, 0.6) is 0 Å². The van der Waals surface area contributed by atoms with E-state index < -0.39 is 6.16 Å². The molecular weight excluding hydrogens is 184 g/mol. The number of hydrogen-bond acceptors (Lipinski definition) is 5. The predicted molar refractivity (Wildman–Crippen MR) is 50.1 cm³/mol. The number of ether oxygens (including phenoxy) is 2. The highest BCUT2D eigenvalue weighted by Gasteiger charge is 2.31.